The number of sulfonamides is 1. The van der Waals surface area contributed by atoms with Crippen molar-refractivity contribution < 1.29 is 26.1 Å². The number of halogens is 3. The molecule has 23 heavy (non-hydrogen) atoms. The van der Waals surface area contributed by atoms with Crippen molar-refractivity contribution in [2.45, 2.75) is 32.6 Å². The molecule has 1 N–H and O–H groups in total. The van der Waals surface area contributed by atoms with Gasteiger partial charge in [-0.05, 0) is 11.8 Å². The molecule has 2 atom stereocenters. The van der Waals surface area contributed by atoms with Crippen molar-refractivity contribution in [1.29, 1.82) is 0 Å². The van der Waals surface area contributed by atoms with E-state index in [4.69, 9.17) is 0 Å². The monoisotopic (exact) mass is 356 g/mol. The third-order valence-electron chi connectivity index (χ3n) is 3.74. The SMILES string of the molecule is CC(C)C1CN(Cc2nc(C(F)(F)F)no2)CC1NS(C)(=O)=O. The maximum absolute atomic E-state index is 12.5. The van der Waals surface area contributed by atoms with Gasteiger partial charge in [-0.1, -0.05) is 19.0 Å². The summed E-state index contributed by atoms with van der Waals surface area (Å²) in [5, 5.41) is 2.91. The van der Waals surface area contributed by atoms with E-state index in [1.54, 1.807) is 4.90 Å². The van der Waals surface area contributed by atoms with Crippen LogP contribution in [-0.4, -0.2) is 48.8 Å². The molecule has 1 aliphatic rings. The van der Waals surface area contributed by atoms with Crippen molar-refractivity contribution >= 4 is 10.0 Å². The Morgan fingerprint density at radius 1 is 1.39 bits per heavy atom. The summed E-state index contributed by atoms with van der Waals surface area (Å²) < 4.78 is 67.4. The number of hydrogen-bond donors (Lipinski definition) is 1. The number of nitrogens with zero attached hydrogens (tertiary/aromatic N) is 3. The molecule has 2 heterocycles. The first-order valence-electron chi connectivity index (χ1n) is 7.05. The van der Waals surface area contributed by atoms with Gasteiger partial charge in [0.2, 0.25) is 15.9 Å². The molecule has 1 aliphatic heterocycles. The number of alkyl halides is 3. The fourth-order valence-corrected chi connectivity index (χ4v) is 3.54. The second kappa shape index (κ2) is 6.36. The summed E-state index contributed by atoms with van der Waals surface area (Å²) in [7, 11) is -3.36. The summed E-state index contributed by atoms with van der Waals surface area (Å²) in [6.07, 6.45) is -3.56. The first-order valence-corrected chi connectivity index (χ1v) is 8.94. The van der Waals surface area contributed by atoms with E-state index >= 15 is 0 Å². The topological polar surface area (TPSA) is 88.3 Å². The first kappa shape index (κ1) is 18.1. The molecule has 1 saturated heterocycles. The molecule has 2 unspecified atom stereocenters. The van der Waals surface area contributed by atoms with E-state index in [-0.39, 0.29) is 30.3 Å². The standard InChI is InChI=1S/C12H19F3N4O3S/c1-7(2)8-4-19(5-9(8)18-23(3,20)21)6-10-16-11(17-22-10)12(13,14)15/h7-9,18H,4-6H2,1-3H3. The fourth-order valence-electron chi connectivity index (χ4n) is 2.74. The van der Waals surface area contributed by atoms with Crippen LogP contribution in [0.2, 0.25) is 0 Å². The quantitative estimate of drug-likeness (QED) is 0.850. The molecule has 0 aromatic carbocycles. The lowest BCUT2D eigenvalue weighted by Gasteiger charge is -2.21. The summed E-state index contributed by atoms with van der Waals surface area (Å²) in [6.45, 7) is 4.90. The molecule has 0 aliphatic carbocycles. The van der Waals surface area contributed by atoms with Gasteiger partial charge in [0.15, 0.2) is 0 Å². The van der Waals surface area contributed by atoms with E-state index in [1.807, 2.05) is 13.8 Å². The highest BCUT2D eigenvalue weighted by molar-refractivity contribution is 7.88. The van der Waals surface area contributed by atoms with Crippen molar-refractivity contribution in [2.75, 3.05) is 19.3 Å². The van der Waals surface area contributed by atoms with Gasteiger partial charge in [0.25, 0.3) is 5.82 Å². The van der Waals surface area contributed by atoms with Crippen LogP contribution in [0.4, 0.5) is 13.2 Å². The van der Waals surface area contributed by atoms with E-state index in [2.05, 4.69) is 19.4 Å². The lowest BCUT2D eigenvalue weighted by atomic mass is 9.92. The zero-order valence-electron chi connectivity index (χ0n) is 13.0. The largest absolute Gasteiger partial charge is 0.455 e. The molecule has 0 amide bonds. The molecular formula is C12H19F3N4O3S. The lowest BCUT2D eigenvalue weighted by molar-refractivity contribution is -0.146. The molecule has 7 nitrogen and oxygen atoms in total. The Labute approximate surface area is 132 Å². The van der Waals surface area contributed by atoms with Crippen LogP contribution in [0.1, 0.15) is 25.6 Å². The van der Waals surface area contributed by atoms with Crippen LogP contribution in [0, 0.1) is 11.8 Å². The van der Waals surface area contributed by atoms with E-state index in [1.165, 1.54) is 0 Å². The van der Waals surface area contributed by atoms with Gasteiger partial charge in [-0.25, -0.2) is 13.1 Å². The maximum Gasteiger partial charge on any atom is 0.455 e. The normalized spacial score (nSPS) is 23.8. The zero-order chi connectivity index (χ0) is 17.4. The molecule has 0 saturated carbocycles. The van der Waals surface area contributed by atoms with Gasteiger partial charge >= 0.3 is 6.18 Å². The summed E-state index contributed by atoms with van der Waals surface area (Å²) >= 11 is 0. The van der Waals surface area contributed by atoms with Crippen LogP contribution in [-0.2, 0) is 22.7 Å². The second-order valence-corrected chi connectivity index (χ2v) is 7.89. The van der Waals surface area contributed by atoms with Crippen molar-refractivity contribution in [2.24, 2.45) is 11.8 Å². The minimum atomic E-state index is -4.65. The van der Waals surface area contributed by atoms with Crippen LogP contribution >= 0.6 is 0 Å². The van der Waals surface area contributed by atoms with E-state index in [9.17, 15) is 21.6 Å². The molecule has 11 heteroatoms. The summed E-state index contributed by atoms with van der Waals surface area (Å²) in [4.78, 5) is 5.14. The maximum atomic E-state index is 12.5. The second-order valence-electron chi connectivity index (χ2n) is 6.11. The average molecular weight is 356 g/mol. The number of hydrogen-bond acceptors (Lipinski definition) is 6. The minimum Gasteiger partial charge on any atom is -0.338 e. The fraction of sp³-hybridized carbons (Fsp3) is 0.833. The van der Waals surface area contributed by atoms with Crippen molar-refractivity contribution in [3.05, 3.63) is 11.7 Å². The Morgan fingerprint density at radius 3 is 2.52 bits per heavy atom. The van der Waals surface area contributed by atoms with Crippen LogP contribution < -0.4 is 4.72 Å². The lowest BCUT2D eigenvalue weighted by Crippen LogP contribution is -2.41. The Balaban J connectivity index is 2.05. The Morgan fingerprint density at radius 2 is 2.04 bits per heavy atom. The smallest absolute Gasteiger partial charge is 0.338 e. The van der Waals surface area contributed by atoms with Crippen LogP contribution in [0.25, 0.3) is 0 Å². The van der Waals surface area contributed by atoms with Crippen LogP contribution in [0.5, 0.6) is 0 Å². The Bertz CT molecular complexity index is 644. The van der Waals surface area contributed by atoms with E-state index in [0.717, 1.165) is 6.26 Å². The highest BCUT2D eigenvalue weighted by atomic mass is 32.2. The molecule has 0 radical (unpaired) electrons. The van der Waals surface area contributed by atoms with Crippen molar-refractivity contribution in [3.63, 3.8) is 0 Å². The van der Waals surface area contributed by atoms with E-state index < -0.39 is 22.0 Å². The summed E-state index contributed by atoms with van der Waals surface area (Å²) in [6, 6.07) is -0.296. The van der Waals surface area contributed by atoms with Crippen molar-refractivity contribution in [3.8, 4) is 0 Å². The molecule has 1 fully saturated rings. The Hall–Kier alpha value is -1.20. The molecule has 0 bridgehead atoms. The highest BCUT2D eigenvalue weighted by Crippen LogP contribution is 2.28. The van der Waals surface area contributed by atoms with Crippen LogP contribution in [0.3, 0.4) is 0 Å². The average Bonchev–Trinajstić information content (AvgIpc) is 2.94. The van der Waals surface area contributed by atoms with E-state index in [0.29, 0.717) is 13.1 Å². The third-order valence-corrected chi connectivity index (χ3v) is 4.47. The number of aromatic nitrogens is 2. The zero-order valence-corrected chi connectivity index (χ0v) is 13.8. The third kappa shape index (κ3) is 4.88. The number of nitrogens with one attached hydrogen (secondary N) is 1. The predicted molar refractivity (Wildman–Crippen MR) is 74.7 cm³/mol. The van der Waals surface area contributed by atoms with Gasteiger partial charge in [-0.15, -0.1) is 0 Å². The van der Waals surface area contributed by atoms with Gasteiger partial charge in [-0.3, -0.25) is 4.90 Å². The minimum absolute atomic E-state index is 0.0498. The van der Waals surface area contributed by atoms with Gasteiger partial charge in [-0.2, -0.15) is 18.2 Å². The number of rotatable bonds is 5. The van der Waals surface area contributed by atoms with Gasteiger partial charge < -0.3 is 4.52 Å². The Kier molecular flexibility index (Phi) is 5.02. The molecule has 1 aromatic heterocycles. The van der Waals surface area contributed by atoms with Gasteiger partial charge in [0.1, 0.15) is 0 Å². The first-order chi connectivity index (χ1) is 10.5. The molecule has 0 spiro atoms. The van der Waals surface area contributed by atoms with Gasteiger partial charge in [0.05, 0.1) is 12.8 Å². The summed E-state index contributed by atoms with van der Waals surface area (Å²) in [5.74, 6) is -1.18. The highest BCUT2D eigenvalue weighted by Gasteiger charge is 2.39. The molecule has 1 aromatic rings. The molecule has 2 rings (SSSR count). The van der Waals surface area contributed by atoms with Crippen LogP contribution in [0.15, 0.2) is 4.52 Å². The molecular weight excluding hydrogens is 337 g/mol. The summed E-state index contributed by atoms with van der Waals surface area (Å²) in [5.41, 5.74) is 0. The predicted octanol–water partition coefficient (Wildman–Crippen LogP) is 1.09. The molecule has 132 valence electrons. The van der Waals surface area contributed by atoms with Crippen molar-refractivity contribution in [1.82, 2.24) is 19.8 Å². The number of likely N-dealkylation sites (tertiary alicyclic amines) is 1. The van der Waals surface area contributed by atoms with Gasteiger partial charge in [0, 0.05) is 19.1 Å².